The quantitative estimate of drug-likeness (QED) is 0.346. The van der Waals surface area contributed by atoms with Crippen molar-refractivity contribution in [2.24, 2.45) is 5.92 Å². The topological polar surface area (TPSA) is 99.3 Å². The summed E-state index contributed by atoms with van der Waals surface area (Å²) in [5, 5.41) is 5.21. The van der Waals surface area contributed by atoms with Crippen molar-refractivity contribution < 1.29 is 14.4 Å². The van der Waals surface area contributed by atoms with Crippen LogP contribution in [0.15, 0.2) is 60.7 Å². The summed E-state index contributed by atoms with van der Waals surface area (Å²) in [4.78, 5) is 35.7. The van der Waals surface area contributed by atoms with E-state index >= 15 is 0 Å². The summed E-state index contributed by atoms with van der Waals surface area (Å²) in [6.07, 6.45) is 4.85. The van der Waals surface area contributed by atoms with Crippen LogP contribution in [0.4, 0.5) is 5.69 Å². The first kappa shape index (κ1) is 20.2. The van der Waals surface area contributed by atoms with E-state index in [9.17, 15) is 14.4 Å². The van der Waals surface area contributed by atoms with Gasteiger partial charge in [-0.3, -0.25) is 30.6 Å². The number of hydrogen-bond donors (Lipinski definition) is 4. The van der Waals surface area contributed by atoms with E-state index in [0.29, 0.717) is 11.3 Å². The van der Waals surface area contributed by atoms with E-state index in [-0.39, 0.29) is 16.9 Å². The molecule has 0 heterocycles. The fourth-order valence-electron chi connectivity index (χ4n) is 2.40. The largest absolute Gasteiger partial charge is 0.326 e. The maximum Gasteiger partial charge on any atom is 0.269 e. The molecule has 29 heavy (non-hydrogen) atoms. The van der Waals surface area contributed by atoms with E-state index in [1.165, 1.54) is 6.08 Å². The number of anilines is 1. The van der Waals surface area contributed by atoms with Crippen LogP contribution in [-0.4, -0.2) is 22.8 Å². The second-order valence-electron chi connectivity index (χ2n) is 6.48. The number of benzene rings is 2. The van der Waals surface area contributed by atoms with E-state index in [0.717, 1.165) is 18.4 Å². The molecule has 0 radical (unpaired) electrons. The van der Waals surface area contributed by atoms with Gasteiger partial charge in [-0.1, -0.05) is 30.3 Å². The summed E-state index contributed by atoms with van der Waals surface area (Å²) in [5.74, 6) is -0.731. The molecule has 2 aromatic rings. The van der Waals surface area contributed by atoms with Crippen LogP contribution in [0, 0.1) is 5.92 Å². The minimum absolute atomic E-state index is 0.00581. The highest BCUT2D eigenvalue weighted by Gasteiger charge is 2.29. The Balaban J connectivity index is 1.42. The Morgan fingerprint density at radius 1 is 0.931 bits per heavy atom. The Morgan fingerprint density at radius 3 is 2.28 bits per heavy atom. The molecule has 0 bridgehead atoms. The third kappa shape index (κ3) is 6.54. The molecule has 2 aromatic carbocycles. The number of carbonyl (C=O) groups is 3. The molecule has 0 spiro atoms. The average molecular weight is 408 g/mol. The van der Waals surface area contributed by atoms with Crippen LogP contribution in [0.5, 0.6) is 0 Å². The van der Waals surface area contributed by atoms with Crippen molar-refractivity contribution in [3.05, 3.63) is 71.8 Å². The smallest absolute Gasteiger partial charge is 0.269 e. The minimum atomic E-state index is -0.429. The molecule has 0 saturated heterocycles. The van der Waals surface area contributed by atoms with E-state index in [1.54, 1.807) is 30.3 Å². The molecule has 0 unspecified atom stereocenters. The maximum atomic E-state index is 12.2. The Kier molecular flexibility index (Phi) is 6.70. The van der Waals surface area contributed by atoms with Crippen LogP contribution >= 0.6 is 12.2 Å². The summed E-state index contributed by atoms with van der Waals surface area (Å²) in [6.45, 7) is 0. The lowest BCUT2D eigenvalue weighted by atomic mass is 10.2. The number of hydrogen-bond acceptors (Lipinski definition) is 4. The van der Waals surface area contributed by atoms with Gasteiger partial charge in [0.1, 0.15) is 0 Å². The molecule has 0 atom stereocenters. The third-order valence-corrected chi connectivity index (χ3v) is 4.32. The zero-order valence-corrected chi connectivity index (χ0v) is 16.3. The zero-order valence-electron chi connectivity index (χ0n) is 15.5. The van der Waals surface area contributed by atoms with Crippen molar-refractivity contribution in [1.29, 1.82) is 0 Å². The minimum Gasteiger partial charge on any atom is -0.326 e. The molecule has 7 nitrogen and oxygen atoms in total. The molecule has 3 rings (SSSR count). The van der Waals surface area contributed by atoms with Crippen LogP contribution in [0.25, 0.3) is 6.08 Å². The summed E-state index contributed by atoms with van der Waals surface area (Å²) < 4.78 is 0. The molecule has 8 heteroatoms. The Bertz CT molecular complexity index is 938. The maximum absolute atomic E-state index is 12.2. The van der Waals surface area contributed by atoms with E-state index in [1.807, 2.05) is 30.3 Å². The zero-order chi connectivity index (χ0) is 20.6. The standard InChI is InChI=1S/C21H20N4O3S/c26-18(13-6-14-4-2-1-3-5-14)23-21(29)25-24-20(28)16-9-11-17(12-10-16)22-19(27)15-7-8-15/h1-6,9-13,15H,7-8H2,(H,22,27)(H,24,28)(H2,23,25,26,29)/b13-6+. The highest BCUT2D eigenvalue weighted by Crippen LogP contribution is 2.30. The number of amides is 3. The first-order valence-electron chi connectivity index (χ1n) is 9.06. The Labute approximate surface area is 173 Å². The Morgan fingerprint density at radius 2 is 1.62 bits per heavy atom. The van der Waals surface area contributed by atoms with Gasteiger partial charge in [-0.25, -0.2) is 0 Å². The van der Waals surface area contributed by atoms with Gasteiger partial charge in [-0.05, 0) is 61.0 Å². The number of hydrazine groups is 1. The van der Waals surface area contributed by atoms with Gasteiger partial charge in [0.2, 0.25) is 11.8 Å². The number of nitrogens with one attached hydrogen (secondary N) is 4. The highest BCUT2D eigenvalue weighted by atomic mass is 32.1. The monoisotopic (exact) mass is 408 g/mol. The van der Waals surface area contributed by atoms with Crippen LogP contribution in [0.3, 0.4) is 0 Å². The van der Waals surface area contributed by atoms with Gasteiger partial charge >= 0.3 is 0 Å². The fourth-order valence-corrected chi connectivity index (χ4v) is 2.55. The summed E-state index contributed by atoms with van der Waals surface area (Å²) in [5.41, 5.74) is 6.78. The van der Waals surface area contributed by atoms with Crippen molar-refractivity contribution in [3.8, 4) is 0 Å². The molecular weight excluding hydrogens is 388 g/mol. The van der Waals surface area contributed by atoms with Gasteiger partial charge < -0.3 is 5.32 Å². The van der Waals surface area contributed by atoms with E-state index < -0.39 is 11.8 Å². The van der Waals surface area contributed by atoms with Gasteiger partial charge in [0.25, 0.3) is 5.91 Å². The molecule has 3 amide bonds. The second-order valence-corrected chi connectivity index (χ2v) is 6.89. The van der Waals surface area contributed by atoms with Crippen LogP contribution in [0.2, 0.25) is 0 Å². The molecule has 1 fully saturated rings. The lowest BCUT2D eigenvalue weighted by Crippen LogP contribution is -2.48. The number of thiocarbonyl (C=S) groups is 1. The molecule has 4 N–H and O–H groups in total. The van der Waals surface area contributed by atoms with Crippen LogP contribution < -0.4 is 21.5 Å². The lowest BCUT2D eigenvalue weighted by molar-refractivity contribution is -0.117. The van der Waals surface area contributed by atoms with Gasteiger partial charge in [-0.15, -0.1) is 0 Å². The summed E-state index contributed by atoms with van der Waals surface area (Å²) in [6, 6.07) is 15.8. The van der Waals surface area contributed by atoms with Crippen molar-refractivity contribution in [2.75, 3.05) is 5.32 Å². The van der Waals surface area contributed by atoms with Gasteiger partial charge in [-0.2, -0.15) is 0 Å². The summed E-state index contributed by atoms with van der Waals surface area (Å²) in [7, 11) is 0. The number of carbonyl (C=O) groups excluding carboxylic acids is 3. The van der Waals surface area contributed by atoms with Crippen molar-refractivity contribution in [1.82, 2.24) is 16.2 Å². The molecule has 148 valence electrons. The van der Waals surface area contributed by atoms with Crippen LogP contribution in [0.1, 0.15) is 28.8 Å². The molecule has 0 aromatic heterocycles. The summed E-state index contributed by atoms with van der Waals surface area (Å²) >= 11 is 4.99. The lowest BCUT2D eigenvalue weighted by Gasteiger charge is -2.10. The van der Waals surface area contributed by atoms with Gasteiger partial charge in [0, 0.05) is 23.2 Å². The fraction of sp³-hybridized carbons (Fsp3) is 0.143. The van der Waals surface area contributed by atoms with E-state index in [2.05, 4.69) is 21.5 Å². The predicted octanol–water partition coefficient (Wildman–Crippen LogP) is 2.38. The van der Waals surface area contributed by atoms with Gasteiger partial charge in [0.05, 0.1) is 0 Å². The normalized spacial score (nSPS) is 12.8. The second kappa shape index (κ2) is 9.61. The highest BCUT2D eigenvalue weighted by molar-refractivity contribution is 7.80. The molecule has 1 saturated carbocycles. The average Bonchev–Trinajstić information content (AvgIpc) is 3.57. The van der Waals surface area contributed by atoms with E-state index in [4.69, 9.17) is 12.2 Å². The van der Waals surface area contributed by atoms with Crippen LogP contribution in [-0.2, 0) is 9.59 Å². The molecule has 0 aliphatic heterocycles. The first-order chi connectivity index (χ1) is 14.0. The van der Waals surface area contributed by atoms with Crippen molar-refractivity contribution in [3.63, 3.8) is 0 Å². The SMILES string of the molecule is O=C(/C=C/c1ccccc1)NC(=S)NNC(=O)c1ccc(NC(=O)C2CC2)cc1. The van der Waals surface area contributed by atoms with Crippen molar-refractivity contribution in [2.45, 2.75) is 12.8 Å². The predicted molar refractivity (Wildman–Crippen MR) is 115 cm³/mol. The Hall–Kier alpha value is -3.52. The molecular formula is C21H20N4O3S. The third-order valence-electron chi connectivity index (χ3n) is 4.12. The van der Waals surface area contributed by atoms with Gasteiger partial charge in [0.15, 0.2) is 5.11 Å². The first-order valence-corrected chi connectivity index (χ1v) is 9.47. The number of rotatable bonds is 5. The van der Waals surface area contributed by atoms with Crippen molar-refractivity contribution >= 4 is 46.8 Å². The molecule has 1 aliphatic carbocycles. The molecule has 1 aliphatic rings.